The Labute approximate surface area is 118 Å². The third-order valence-electron chi connectivity index (χ3n) is 3.84. The van der Waals surface area contributed by atoms with Crippen LogP contribution < -0.4 is 9.80 Å². The fourth-order valence-corrected chi connectivity index (χ4v) is 2.62. The minimum atomic E-state index is 0.693. The molecule has 0 N–H and O–H groups in total. The highest BCUT2D eigenvalue weighted by molar-refractivity contribution is 5.83. The van der Waals surface area contributed by atoms with Crippen LogP contribution in [-0.4, -0.2) is 37.0 Å². The number of fused-ring (bicyclic) bond motifs is 1. The number of nitriles is 1. The van der Waals surface area contributed by atoms with E-state index in [0.29, 0.717) is 5.56 Å². The first-order chi connectivity index (χ1) is 9.60. The van der Waals surface area contributed by atoms with Crippen LogP contribution in [0.4, 0.5) is 11.4 Å². The molecule has 1 aromatic heterocycles. The van der Waals surface area contributed by atoms with Gasteiger partial charge in [-0.3, -0.25) is 4.68 Å². The molecule has 2 aromatic rings. The third kappa shape index (κ3) is 1.90. The maximum absolute atomic E-state index is 9.43. The topological polar surface area (TPSA) is 48.1 Å². The molecule has 1 aromatic carbocycles. The van der Waals surface area contributed by atoms with E-state index in [1.165, 1.54) is 0 Å². The lowest BCUT2D eigenvalue weighted by Crippen LogP contribution is -2.36. The summed E-state index contributed by atoms with van der Waals surface area (Å²) in [5.41, 5.74) is 4.90. The molecule has 0 saturated heterocycles. The fraction of sp³-hybridized carbons (Fsp3) is 0.333. The van der Waals surface area contributed by atoms with Crippen LogP contribution in [0.5, 0.6) is 0 Å². The Morgan fingerprint density at radius 3 is 2.30 bits per heavy atom. The van der Waals surface area contributed by atoms with Gasteiger partial charge in [0, 0.05) is 51.6 Å². The molecule has 0 spiro atoms. The molecule has 3 rings (SSSR count). The second kappa shape index (κ2) is 4.57. The zero-order valence-corrected chi connectivity index (χ0v) is 12.0. The van der Waals surface area contributed by atoms with Crippen molar-refractivity contribution in [2.24, 2.45) is 7.05 Å². The van der Waals surface area contributed by atoms with Crippen molar-refractivity contribution >= 4 is 11.4 Å². The van der Waals surface area contributed by atoms with E-state index < -0.39 is 0 Å². The molecule has 5 nitrogen and oxygen atoms in total. The van der Waals surface area contributed by atoms with Gasteiger partial charge < -0.3 is 9.80 Å². The molecule has 0 radical (unpaired) electrons. The number of hydrogen-bond donors (Lipinski definition) is 0. The molecule has 102 valence electrons. The van der Waals surface area contributed by atoms with Gasteiger partial charge in [0.15, 0.2) is 0 Å². The van der Waals surface area contributed by atoms with Crippen molar-refractivity contribution in [1.29, 1.82) is 5.26 Å². The Kier molecular flexibility index (Phi) is 2.87. The van der Waals surface area contributed by atoms with Gasteiger partial charge in [0.1, 0.15) is 0 Å². The van der Waals surface area contributed by atoms with Crippen LogP contribution in [0.1, 0.15) is 5.56 Å². The number of rotatable bonds is 1. The van der Waals surface area contributed by atoms with Crippen LogP contribution in [0.15, 0.2) is 24.5 Å². The standard InChI is InChI=1S/C15H17N5/c1-18-4-5-19(2)15-7-13(11(8-16)6-14(15)18)12-9-17-20(3)10-12/h6-7,9-10H,4-5H2,1-3H3. The quantitative estimate of drug-likeness (QED) is 0.791. The van der Waals surface area contributed by atoms with Gasteiger partial charge in [0.05, 0.1) is 29.2 Å². The summed E-state index contributed by atoms with van der Waals surface area (Å²) in [6.45, 7) is 1.96. The SMILES string of the molecule is CN1CCN(C)c2cc(-c3cnn(C)c3)c(C#N)cc21. The highest BCUT2D eigenvalue weighted by Gasteiger charge is 2.21. The maximum atomic E-state index is 9.43. The molecule has 0 amide bonds. The van der Waals surface area contributed by atoms with Crippen molar-refractivity contribution in [3.8, 4) is 17.2 Å². The summed E-state index contributed by atoms with van der Waals surface area (Å²) in [5, 5.41) is 13.6. The van der Waals surface area contributed by atoms with Crippen LogP contribution in [0.2, 0.25) is 0 Å². The van der Waals surface area contributed by atoms with E-state index in [1.54, 1.807) is 10.9 Å². The van der Waals surface area contributed by atoms with E-state index in [1.807, 2.05) is 19.3 Å². The van der Waals surface area contributed by atoms with Crippen LogP contribution in [0.25, 0.3) is 11.1 Å². The Morgan fingerprint density at radius 1 is 1.10 bits per heavy atom. The predicted octanol–water partition coefficient (Wildman–Crippen LogP) is 1.84. The lowest BCUT2D eigenvalue weighted by molar-refractivity contribution is 0.768. The molecule has 1 aliphatic heterocycles. The number of benzene rings is 1. The summed E-state index contributed by atoms with van der Waals surface area (Å²) >= 11 is 0. The summed E-state index contributed by atoms with van der Waals surface area (Å²) in [4.78, 5) is 4.43. The molecule has 0 atom stereocenters. The highest BCUT2D eigenvalue weighted by Crippen LogP contribution is 2.37. The third-order valence-corrected chi connectivity index (χ3v) is 3.84. The Bertz CT molecular complexity index is 695. The summed E-state index contributed by atoms with van der Waals surface area (Å²) < 4.78 is 1.76. The van der Waals surface area contributed by atoms with Gasteiger partial charge in [-0.05, 0) is 12.1 Å². The second-order valence-corrected chi connectivity index (χ2v) is 5.24. The lowest BCUT2D eigenvalue weighted by Gasteiger charge is -2.35. The van der Waals surface area contributed by atoms with Crippen molar-refractivity contribution in [1.82, 2.24) is 9.78 Å². The van der Waals surface area contributed by atoms with Gasteiger partial charge >= 0.3 is 0 Å². The van der Waals surface area contributed by atoms with Crippen LogP contribution in [0, 0.1) is 11.3 Å². The number of anilines is 2. The second-order valence-electron chi connectivity index (χ2n) is 5.24. The Balaban J connectivity index is 2.21. The average molecular weight is 267 g/mol. The van der Waals surface area contributed by atoms with Gasteiger partial charge in [0.25, 0.3) is 0 Å². The molecule has 20 heavy (non-hydrogen) atoms. The first kappa shape index (κ1) is 12.5. The zero-order chi connectivity index (χ0) is 14.3. The lowest BCUT2D eigenvalue weighted by atomic mass is 9.99. The average Bonchev–Trinajstić information content (AvgIpc) is 2.88. The first-order valence-corrected chi connectivity index (χ1v) is 6.59. The van der Waals surface area contributed by atoms with Crippen LogP contribution >= 0.6 is 0 Å². The van der Waals surface area contributed by atoms with E-state index in [4.69, 9.17) is 0 Å². The van der Waals surface area contributed by atoms with Crippen LogP contribution in [-0.2, 0) is 7.05 Å². The molecule has 1 aliphatic rings. The summed E-state index contributed by atoms with van der Waals surface area (Å²) in [5.74, 6) is 0. The van der Waals surface area contributed by atoms with Gasteiger partial charge in [0.2, 0.25) is 0 Å². The van der Waals surface area contributed by atoms with E-state index in [-0.39, 0.29) is 0 Å². The van der Waals surface area contributed by atoms with Crippen molar-refractivity contribution < 1.29 is 0 Å². The smallest absolute Gasteiger partial charge is 0.0999 e. The number of aromatic nitrogens is 2. The molecule has 0 aliphatic carbocycles. The number of likely N-dealkylation sites (N-methyl/N-ethyl adjacent to an activating group) is 2. The highest BCUT2D eigenvalue weighted by atomic mass is 15.2. The largest absolute Gasteiger partial charge is 0.371 e. The number of aryl methyl sites for hydroxylation is 1. The molecule has 5 heteroatoms. The molecule has 0 unspecified atom stereocenters. The van der Waals surface area contributed by atoms with Gasteiger partial charge in [-0.15, -0.1) is 0 Å². The molecule has 0 fully saturated rings. The van der Waals surface area contributed by atoms with E-state index >= 15 is 0 Å². The van der Waals surface area contributed by atoms with E-state index in [2.05, 4.69) is 41.1 Å². The van der Waals surface area contributed by atoms with Crippen molar-refractivity contribution in [3.63, 3.8) is 0 Å². The predicted molar refractivity (Wildman–Crippen MR) is 79.9 cm³/mol. The van der Waals surface area contributed by atoms with E-state index in [9.17, 15) is 5.26 Å². The zero-order valence-electron chi connectivity index (χ0n) is 12.0. The van der Waals surface area contributed by atoms with E-state index in [0.717, 1.165) is 35.6 Å². The summed E-state index contributed by atoms with van der Waals surface area (Å²) in [6, 6.07) is 6.38. The van der Waals surface area contributed by atoms with Gasteiger partial charge in [-0.25, -0.2) is 0 Å². The molecular weight excluding hydrogens is 250 g/mol. The van der Waals surface area contributed by atoms with Crippen molar-refractivity contribution in [3.05, 3.63) is 30.1 Å². The Hall–Kier alpha value is -2.48. The molecule has 0 saturated carbocycles. The fourth-order valence-electron chi connectivity index (χ4n) is 2.62. The summed E-state index contributed by atoms with van der Waals surface area (Å²) in [7, 11) is 6.04. The number of hydrogen-bond acceptors (Lipinski definition) is 4. The maximum Gasteiger partial charge on any atom is 0.0999 e. The normalized spacial score (nSPS) is 14.1. The molecular formula is C15H17N5. The minimum absolute atomic E-state index is 0.693. The Morgan fingerprint density at radius 2 is 1.75 bits per heavy atom. The van der Waals surface area contributed by atoms with Gasteiger partial charge in [-0.2, -0.15) is 10.4 Å². The monoisotopic (exact) mass is 267 g/mol. The van der Waals surface area contributed by atoms with Gasteiger partial charge in [-0.1, -0.05) is 0 Å². The van der Waals surface area contributed by atoms with Crippen molar-refractivity contribution in [2.75, 3.05) is 37.0 Å². The van der Waals surface area contributed by atoms with Crippen molar-refractivity contribution in [2.45, 2.75) is 0 Å². The number of nitrogens with zero attached hydrogens (tertiary/aromatic N) is 5. The minimum Gasteiger partial charge on any atom is -0.371 e. The summed E-state index contributed by atoms with van der Waals surface area (Å²) in [6.07, 6.45) is 3.74. The van der Waals surface area contributed by atoms with Crippen LogP contribution in [0.3, 0.4) is 0 Å². The molecule has 0 bridgehead atoms. The molecule has 2 heterocycles. The first-order valence-electron chi connectivity index (χ1n) is 6.59.